The van der Waals surface area contributed by atoms with Crippen molar-refractivity contribution in [1.29, 1.82) is 0 Å². The molecule has 1 aliphatic carbocycles. The summed E-state index contributed by atoms with van der Waals surface area (Å²) in [6, 6.07) is 15.0. The van der Waals surface area contributed by atoms with Gasteiger partial charge in [-0.15, -0.1) is 23.1 Å². The Bertz CT molecular complexity index is 1490. The summed E-state index contributed by atoms with van der Waals surface area (Å²) in [5.41, 5.74) is 4.46. The summed E-state index contributed by atoms with van der Waals surface area (Å²) in [6.45, 7) is 2.20. The van der Waals surface area contributed by atoms with Crippen LogP contribution in [0.5, 0.6) is 0 Å². The zero-order chi connectivity index (χ0) is 27.0. The fraction of sp³-hybridized carbons (Fsp3) is 0.345. The number of hydrogen-bond acceptors (Lipinski definition) is 7. The lowest BCUT2D eigenvalue weighted by molar-refractivity contribution is -0.412. The van der Waals surface area contributed by atoms with Crippen LogP contribution in [-0.2, 0) is 9.71 Å². The van der Waals surface area contributed by atoms with E-state index in [4.69, 9.17) is 0 Å². The van der Waals surface area contributed by atoms with E-state index >= 15 is 0 Å². The second-order valence-corrected chi connectivity index (χ2v) is 13.9. The van der Waals surface area contributed by atoms with Gasteiger partial charge in [0.05, 0.1) is 21.3 Å². The Morgan fingerprint density at radius 1 is 1.16 bits per heavy atom. The van der Waals surface area contributed by atoms with Gasteiger partial charge in [-0.25, -0.2) is 0 Å². The summed E-state index contributed by atoms with van der Waals surface area (Å²) in [5.74, 6) is 4.03. The third kappa shape index (κ3) is 5.10. The number of para-hydroxylation sites is 1. The van der Waals surface area contributed by atoms with Crippen LogP contribution in [-0.4, -0.2) is 43.3 Å². The van der Waals surface area contributed by atoms with E-state index in [-0.39, 0.29) is 0 Å². The zero-order valence-electron chi connectivity index (χ0n) is 21.6. The lowest BCUT2D eigenvalue weighted by Crippen LogP contribution is -2.34. The van der Waals surface area contributed by atoms with E-state index in [1.54, 1.807) is 11.8 Å². The number of thioether (sulfide) groups is 1. The van der Waals surface area contributed by atoms with Gasteiger partial charge in [0.2, 0.25) is 0 Å². The lowest BCUT2D eigenvalue weighted by Gasteiger charge is -2.25. The Morgan fingerprint density at radius 3 is 2.50 bits per heavy atom. The number of nitrogens with zero attached hydrogens (tertiary/aromatic N) is 2. The minimum absolute atomic E-state index is 0.364. The molecular weight excluding hydrogens is 537 g/mol. The summed E-state index contributed by atoms with van der Waals surface area (Å²) in [5, 5.41) is 19.6. The maximum atomic E-state index is 14.3. The van der Waals surface area contributed by atoms with Crippen LogP contribution in [0.1, 0.15) is 48.8 Å². The van der Waals surface area contributed by atoms with Gasteiger partial charge in [-0.3, -0.25) is 0 Å². The van der Waals surface area contributed by atoms with Gasteiger partial charge in [-0.05, 0) is 80.8 Å². The van der Waals surface area contributed by atoms with Crippen LogP contribution in [0.25, 0.3) is 10.4 Å². The molecule has 2 aromatic carbocycles. The first-order chi connectivity index (χ1) is 18.2. The molecule has 1 aliphatic heterocycles. The third-order valence-electron chi connectivity index (χ3n) is 7.29. The van der Waals surface area contributed by atoms with E-state index < -0.39 is 22.0 Å². The summed E-state index contributed by atoms with van der Waals surface area (Å²) in [4.78, 5) is 18.6. The zero-order valence-corrected chi connectivity index (χ0v) is 24.1. The molecule has 2 atom stereocenters. The Hall–Kier alpha value is -2.43. The topological polar surface area (TPSA) is 80.8 Å². The van der Waals surface area contributed by atoms with Crippen molar-refractivity contribution >= 4 is 50.1 Å². The smallest absolute Gasteiger partial charge is 0.255 e. The van der Waals surface area contributed by atoms with Gasteiger partial charge in [0.15, 0.2) is 6.29 Å². The second kappa shape index (κ2) is 11.0. The molecule has 5 rings (SSSR count). The molecule has 9 heteroatoms. The molecule has 0 bridgehead atoms. The number of aryl methyl sites for hydroxylation is 1. The van der Waals surface area contributed by atoms with Gasteiger partial charge in [0, 0.05) is 31.8 Å². The number of aliphatic hydroxyl groups excluding tert-OH is 1. The summed E-state index contributed by atoms with van der Waals surface area (Å²) in [7, 11) is -3.39. The van der Waals surface area contributed by atoms with Crippen molar-refractivity contribution in [2.24, 2.45) is 0 Å². The summed E-state index contributed by atoms with van der Waals surface area (Å²) < 4.78 is 15.1. The Kier molecular flexibility index (Phi) is 7.84. The monoisotopic (exact) mass is 569 g/mol. The molecule has 1 aromatic heterocycles. The quantitative estimate of drug-likeness (QED) is 0.118. The SMILES string of the molecule is C=S1(=O)c2cc(-c3cc(C)c(C(O)O)s3)c(SC)cc2N(c2ccccc2)CC(C=C2CCCCC2)[N+]1=O. The first-order valence-corrected chi connectivity index (χ1v) is 16.5. The second-order valence-electron chi connectivity index (χ2n) is 9.88. The number of thiophene rings is 1. The van der Waals surface area contributed by atoms with Crippen LogP contribution >= 0.6 is 23.1 Å². The van der Waals surface area contributed by atoms with Crippen molar-refractivity contribution in [3.63, 3.8) is 0 Å². The molecule has 0 saturated heterocycles. The fourth-order valence-electron chi connectivity index (χ4n) is 5.34. The first kappa shape index (κ1) is 27.1. The highest BCUT2D eigenvalue weighted by Gasteiger charge is 2.42. The van der Waals surface area contributed by atoms with Crippen molar-refractivity contribution in [3.05, 3.63) is 75.5 Å². The standard InChI is InChI=1S/C29H33N2O4S3/c1-19-14-26(37-28(19)29(32)33)23-16-27-24(17-25(23)36-2)30(21-12-8-5-9-13-21)18-22(31(34)38(27,3)35)15-20-10-6-4-7-11-20/h5,8-9,12-17,22,29,32-33H,3-4,6-7,10-11,18H2,1-2H3/q+1. The van der Waals surface area contributed by atoms with Gasteiger partial charge < -0.3 is 15.1 Å². The summed E-state index contributed by atoms with van der Waals surface area (Å²) in [6.07, 6.45) is 7.83. The minimum Gasteiger partial charge on any atom is -0.364 e. The molecule has 38 heavy (non-hydrogen) atoms. The highest BCUT2D eigenvalue weighted by atomic mass is 32.2. The Balaban J connectivity index is 1.72. The van der Waals surface area contributed by atoms with E-state index in [2.05, 4.69) is 10.8 Å². The number of nitroso groups, excluding NO2 is 1. The Labute approximate surface area is 232 Å². The predicted molar refractivity (Wildman–Crippen MR) is 159 cm³/mol. The van der Waals surface area contributed by atoms with Gasteiger partial charge in [-0.2, -0.15) is 4.21 Å². The third-order valence-corrected chi connectivity index (χ3v) is 11.2. The van der Waals surface area contributed by atoms with Gasteiger partial charge in [0.1, 0.15) is 4.90 Å². The van der Waals surface area contributed by atoms with Gasteiger partial charge in [0.25, 0.3) is 15.7 Å². The predicted octanol–water partition coefficient (Wildman–Crippen LogP) is 6.61. The van der Waals surface area contributed by atoms with Crippen molar-refractivity contribution in [1.82, 2.24) is 0 Å². The average molecular weight is 570 g/mol. The number of benzene rings is 2. The molecule has 0 spiro atoms. The minimum atomic E-state index is -3.39. The van der Waals surface area contributed by atoms with Crippen molar-refractivity contribution in [2.75, 3.05) is 17.7 Å². The first-order valence-electron chi connectivity index (χ1n) is 12.8. The van der Waals surface area contributed by atoms with Gasteiger partial charge >= 0.3 is 0 Å². The van der Waals surface area contributed by atoms with Crippen LogP contribution < -0.4 is 4.90 Å². The number of aliphatic hydroxyl groups is 2. The van der Waals surface area contributed by atoms with E-state index in [0.717, 1.165) is 56.4 Å². The van der Waals surface area contributed by atoms with Crippen molar-refractivity contribution in [3.8, 4) is 10.4 Å². The number of rotatable bonds is 5. The molecular formula is C29H33N2O4S3+. The van der Waals surface area contributed by atoms with Crippen LogP contribution in [0.4, 0.5) is 11.4 Å². The molecule has 200 valence electrons. The number of fused-ring (bicyclic) bond motifs is 1. The molecule has 2 unspecified atom stereocenters. The fourth-order valence-corrected chi connectivity index (χ4v) is 8.66. The van der Waals surface area contributed by atoms with Crippen LogP contribution in [0.3, 0.4) is 0 Å². The molecule has 1 saturated carbocycles. The molecule has 2 aliphatic rings. The maximum Gasteiger partial charge on any atom is 0.255 e. The van der Waals surface area contributed by atoms with Crippen molar-refractivity contribution < 1.29 is 18.6 Å². The molecule has 0 radical (unpaired) electrons. The van der Waals surface area contributed by atoms with Crippen LogP contribution in [0.2, 0.25) is 0 Å². The highest BCUT2D eigenvalue weighted by Crippen LogP contribution is 2.45. The van der Waals surface area contributed by atoms with E-state index in [1.807, 2.05) is 67.8 Å². The Morgan fingerprint density at radius 2 is 1.87 bits per heavy atom. The lowest BCUT2D eigenvalue weighted by atomic mass is 9.93. The van der Waals surface area contributed by atoms with E-state index in [1.165, 1.54) is 23.3 Å². The van der Waals surface area contributed by atoms with Gasteiger partial charge in [-0.1, -0.05) is 30.2 Å². The number of anilines is 2. The molecule has 2 N–H and O–H groups in total. The average Bonchev–Trinajstić information content (AvgIpc) is 3.29. The molecule has 6 nitrogen and oxygen atoms in total. The highest BCUT2D eigenvalue weighted by molar-refractivity contribution is 7.98. The van der Waals surface area contributed by atoms with Crippen LogP contribution in [0, 0.1) is 11.8 Å². The van der Waals surface area contributed by atoms with E-state index in [0.29, 0.717) is 22.0 Å². The molecule has 1 fully saturated rings. The van der Waals surface area contributed by atoms with Crippen molar-refractivity contribution in [2.45, 2.75) is 61.2 Å². The maximum absolute atomic E-state index is 14.3. The summed E-state index contributed by atoms with van der Waals surface area (Å²) >= 11 is 2.85. The number of hydrogen-bond donors (Lipinski definition) is 2. The van der Waals surface area contributed by atoms with E-state index in [9.17, 15) is 19.3 Å². The molecule has 0 amide bonds. The normalized spacial score (nSPS) is 21.9. The number of allylic oxidation sites excluding steroid dienone is 1. The molecule has 2 heterocycles. The molecule has 3 aromatic rings. The van der Waals surface area contributed by atoms with Crippen LogP contribution in [0.15, 0.2) is 70.0 Å². The largest absolute Gasteiger partial charge is 0.364 e.